The average molecular weight is 234 g/mol. The maximum atomic E-state index is 10.9. The van der Waals surface area contributed by atoms with Crippen LogP contribution in [0.15, 0.2) is 12.2 Å². The molecule has 0 aromatic rings. The lowest BCUT2D eigenvalue weighted by atomic mass is 9.94. The first-order valence-electron chi connectivity index (χ1n) is 4.96. The summed E-state index contributed by atoms with van der Waals surface area (Å²) in [5, 5.41) is 0. The molecular weight excluding hydrogens is 216 g/mol. The van der Waals surface area contributed by atoms with Gasteiger partial charge in [-0.2, -0.15) is 0 Å². The van der Waals surface area contributed by atoms with Crippen molar-refractivity contribution >= 4 is 9.84 Å². The maximum Gasteiger partial charge on any atom is 0.150 e. The zero-order valence-electron chi connectivity index (χ0n) is 9.23. The molecule has 0 saturated carbocycles. The van der Waals surface area contributed by atoms with Gasteiger partial charge in [0.25, 0.3) is 0 Å². The van der Waals surface area contributed by atoms with Crippen molar-refractivity contribution in [1.29, 1.82) is 0 Å². The number of ether oxygens (including phenoxy) is 2. The van der Waals surface area contributed by atoms with Crippen molar-refractivity contribution in [3.05, 3.63) is 12.2 Å². The predicted molar refractivity (Wildman–Crippen MR) is 58.6 cm³/mol. The molecule has 4 nitrogen and oxygen atoms in total. The highest BCUT2D eigenvalue weighted by molar-refractivity contribution is 7.90. The average Bonchev–Trinajstić information content (AvgIpc) is 2.17. The van der Waals surface area contributed by atoms with Crippen LogP contribution in [0.2, 0.25) is 0 Å². The summed E-state index contributed by atoms with van der Waals surface area (Å²) in [6.07, 6.45) is 6.31. The highest BCUT2D eigenvalue weighted by Crippen LogP contribution is 2.25. The lowest BCUT2D eigenvalue weighted by molar-refractivity contribution is -0.0586. The molecular formula is C10H18O4S. The van der Waals surface area contributed by atoms with Gasteiger partial charge in [0.2, 0.25) is 0 Å². The highest BCUT2D eigenvalue weighted by atomic mass is 32.2. The Balaban J connectivity index is 2.59. The van der Waals surface area contributed by atoms with E-state index in [9.17, 15) is 8.42 Å². The van der Waals surface area contributed by atoms with E-state index in [0.29, 0.717) is 13.2 Å². The first-order chi connectivity index (χ1) is 6.97. The molecule has 1 aliphatic heterocycles. The fourth-order valence-electron chi connectivity index (χ4n) is 1.59. The molecule has 0 aromatic heterocycles. The molecule has 0 radical (unpaired) electrons. The van der Waals surface area contributed by atoms with Crippen LogP contribution in [0.3, 0.4) is 0 Å². The van der Waals surface area contributed by atoms with Crippen LogP contribution >= 0.6 is 0 Å². The van der Waals surface area contributed by atoms with Crippen LogP contribution in [0, 0.1) is 0 Å². The number of hydrogen-bond donors (Lipinski definition) is 0. The largest absolute Gasteiger partial charge is 0.381 e. The summed E-state index contributed by atoms with van der Waals surface area (Å²) < 4.78 is 32.6. The molecule has 88 valence electrons. The molecule has 1 aliphatic rings. The standard InChI is InChI=1S/C10H18O4S/c1-13-10(5-7-14-8-6-10)4-3-9-15(2,11)12/h3-4H,5-9H2,1-2H3/b4-3+. The summed E-state index contributed by atoms with van der Waals surface area (Å²) in [5.74, 6) is 0.0684. The minimum absolute atomic E-state index is 0.0684. The fraction of sp³-hybridized carbons (Fsp3) is 0.800. The SMILES string of the molecule is COC1(/C=C/CS(C)(=O)=O)CCOCC1. The van der Waals surface area contributed by atoms with Gasteiger partial charge in [-0.15, -0.1) is 0 Å². The van der Waals surface area contributed by atoms with E-state index in [0.717, 1.165) is 12.8 Å². The summed E-state index contributed by atoms with van der Waals surface area (Å²) in [4.78, 5) is 0. The van der Waals surface area contributed by atoms with Crippen LogP contribution in [0.5, 0.6) is 0 Å². The molecule has 0 amide bonds. The van der Waals surface area contributed by atoms with E-state index in [2.05, 4.69) is 0 Å². The van der Waals surface area contributed by atoms with E-state index in [4.69, 9.17) is 9.47 Å². The number of rotatable bonds is 4. The summed E-state index contributed by atoms with van der Waals surface area (Å²) in [6, 6.07) is 0. The van der Waals surface area contributed by atoms with Gasteiger partial charge in [-0.05, 0) is 0 Å². The molecule has 1 heterocycles. The van der Waals surface area contributed by atoms with Crippen LogP contribution in [-0.2, 0) is 19.3 Å². The second-order valence-corrected chi connectivity index (χ2v) is 6.06. The Kier molecular flexibility index (Phi) is 4.31. The van der Waals surface area contributed by atoms with Crippen molar-refractivity contribution in [3.8, 4) is 0 Å². The van der Waals surface area contributed by atoms with Crippen molar-refractivity contribution in [3.63, 3.8) is 0 Å². The van der Waals surface area contributed by atoms with Crippen molar-refractivity contribution < 1.29 is 17.9 Å². The maximum absolute atomic E-state index is 10.9. The van der Waals surface area contributed by atoms with Gasteiger partial charge in [0.05, 0.1) is 11.4 Å². The van der Waals surface area contributed by atoms with Gasteiger partial charge in [-0.25, -0.2) is 8.42 Å². The summed E-state index contributed by atoms with van der Waals surface area (Å²) in [5.41, 5.74) is -0.330. The second-order valence-electron chi connectivity index (χ2n) is 3.88. The van der Waals surface area contributed by atoms with Crippen LogP contribution in [-0.4, -0.2) is 46.4 Å². The molecule has 5 heteroatoms. The normalized spacial score (nSPS) is 22.0. The Morgan fingerprint density at radius 2 is 2.00 bits per heavy atom. The number of sulfone groups is 1. The predicted octanol–water partition coefficient (Wildman–Crippen LogP) is 0.783. The molecule has 0 bridgehead atoms. The smallest absolute Gasteiger partial charge is 0.150 e. The Bertz CT molecular complexity index is 312. The second kappa shape index (κ2) is 5.09. The topological polar surface area (TPSA) is 52.6 Å². The van der Waals surface area contributed by atoms with Gasteiger partial charge in [-0.3, -0.25) is 0 Å². The van der Waals surface area contributed by atoms with Crippen molar-refractivity contribution in [2.45, 2.75) is 18.4 Å². The lowest BCUT2D eigenvalue weighted by Crippen LogP contribution is -2.36. The Morgan fingerprint density at radius 3 is 2.47 bits per heavy atom. The quantitative estimate of drug-likeness (QED) is 0.675. The zero-order valence-corrected chi connectivity index (χ0v) is 10.0. The van der Waals surface area contributed by atoms with E-state index in [-0.39, 0.29) is 11.4 Å². The molecule has 0 spiro atoms. The van der Waals surface area contributed by atoms with Crippen molar-refractivity contribution in [2.24, 2.45) is 0 Å². The minimum atomic E-state index is -2.93. The minimum Gasteiger partial charge on any atom is -0.381 e. The number of methoxy groups -OCH3 is 1. The van der Waals surface area contributed by atoms with Crippen molar-refractivity contribution in [1.82, 2.24) is 0 Å². The molecule has 15 heavy (non-hydrogen) atoms. The summed E-state index contributed by atoms with van der Waals surface area (Å²) >= 11 is 0. The monoisotopic (exact) mass is 234 g/mol. The van der Waals surface area contributed by atoms with E-state index in [1.165, 1.54) is 6.26 Å². The van der Waals surface area contributed by atoms with E-state index in [1.54, 1.807) is 13.2 Å². The van der Waals surface area contributed by atoms with Crippen LogP contribution in [0.1, 0.15) is 12.8 Å². The molecule has 1 rings (SSSR count). The van der Waals surface area contributed by atoms with Crippen LogP contribution < -0.4 is 0 Å². The van der Waals surface area contributed by atoms with Gasteiger partial charge < -0.3 is 9.47 Å². The lowest BCUT2D eigenvalue weighted by Gasteiger charge is -2.33. The third-order valence-corrected chi connectivity index (χ3v) is 3.36. The molecule has 0 atom stereocenters. The van der Waals surface area contributed by atoms with Crippen LogP contribution in [0.25, 0.3) is 0 Å². The Labute approximate surface area is 91.2 Å². The first kappa shape index (κ1) is 12.7. The molecule has 0 N–H and O–H groups in total. The van der Waals surface area contributed by atoms with Gasteiger partial charge in [0.1, 0.15) is 0 Å². The Morgan fingerprint density at radius 1 is 1.40 bits per heavy atom. The van der Waals surface area contributed by atoms with Gasteiger partial charge in [0, 0.05) is 39.4 Å². The Hall–Kier alpha value is -0.390. The van der Waals surface area contributed by atoms with Gasteiger partial charge >= 0.3 is 0 Å². The fourth-order valence-corrected chi connectivity index (χ4v) is 2.04. The molecule has 0 unspecified atom stereocenters. The molecule has 0 aliphatic carbocycles. The third-order valence-electron chi connectivity index (χ3n) is 2.57. The highest BCUT2D eigenvalue weighted by Gasteiger charge is 2.29. The first-order valence-corrected chi connectivity index (χ1v) is 7.02. The molecule has 0 aromatic carbocycles. The number of hydrogen-bond acceptors (Lipinski definition) is 4. The zero-order chi connectivity index (χ0) is 11.4. The van der Waals surface area contributed by atoms with E-state index >= 15 is 0 Å². The summed E-state index contributed by atoms with van der Waals surface area (Å²) in [7, 11) is -1.28. The third kappa shape index (κ3) is 4.32. The van der Waals surface area contributed by atoms with Crippen LogP contribution in [0.4, 0.5) is 0 Å². The van der Waals surface area contributed by atoms with E-state index < -0.39 is 9.84 Å². The molecule has 1 saturated heterocycles. The summed E-state index contributed by atoms with van der Waals surface area (Å²) in [6.45, 7) is 1.33. The van der Waals surface area contributed by atoms with E-state index in [1.807, 2.05) is 6.08 Å². The van der Waals surface area contributed by atoms with Crippen molar-refractivity contribution in [2.75, 3.05) is 32.3 Å². The van der Waals surface area contributed by atoms with Gasteiger partial charge in [0.15, 0.2) is 9.84 Å². The van der Waals surface area contributed by atoms with Gasteiger partial charge in [-0.1, -0.05) is 12.2 Å². The molecule has 1 fully saturated rings.